The van der Waals surface area contributed by atoms with Crippen LogP contribution in [0.2, 0.25) is 5.15 Å². The van der Waals surface area contributed by atoms with Crippen molar-refractivity contribution in [1.29, 1.82) is 0 Å². The quantitative estimate of drug-likeness (QED) is 0.779. The molecule has 0 bridgehead atoms. The van der Waals surface area contributed by atoms with Gasteiger partial charge in [0.05, 0.1) is 29.6 Å². The molecule has 1 aliphatic heterocycles. The molecular formula is C11H14ClN3O2. The number of rotatable bonds is 2. The van der Waals surface area contributed by atoms with Gasteiger partial charge in [-0.25, -0.2) is 4.98 Å². The van der Waals surface area contributed by atoms with Gasteiger partial charge >= 0.3 is 0 Å². The van der Waals surface area contributed by atoms with Gasteiger partial charge in [0.15, 0.2) is 0 Å². The molecular weight excluding hydrogens is 242 g/mol. The van der Waals surface area contributed by atoms with Crippen LogP contribution in [0.3, 0.4) is 0 Å². The molecule has 2 atom stereocenters. The summed E-state index contributed by atoms with van der Waals surface area (Å²) in [5.41, 5.74) is 6.36. The topological polar surface area (TPSA) is 77.2 Å². The van der Waals surface area contributed by atoms with Crippen molar-refractivity contribution in [2.45, 2.75) is 25.5 Å². The predicted molar refractivity (Wildman–Crippen MR) is 64.9 cm³/mol. The Bertz CT molecular complexity index is 439. The molecule has 1 saturated heterocycles. The fourth-order valence-corrected chi connectivity index (χ4v) is 1.96. The van der Waals surface area contributed by atoms with Crippen LogP contribution in [0.4, 0.5) is 5.69 Å². The third-order valence-corrected chi connectivity index (χ3v) is 3.05. The number of nitrogens with zero attached hydrogens (tertiary/aromatic N) is 1. The van der Waals surface area contributed by atoms with Crippen LogP contribution < -0.4 is 11.1 Å². The minimum Gasteiger partial charge on any atom is -0.397 e. The van der Waals surface area contributed by atoms with E-state index in [2.05, 4.69) is 10.3 Å². The fourth-order valence-electron chi connectivity index (χ4n) is 1.80. The van der Waals surface area contributed by atoms with Crippen LogP contribution in [0.15, 0.2) is 12.3 Å². The van der Waals surface area contributed by atoms with Crippen molar-refractivity contribution >= 4 is 23.2 Å². The molecule has 2 unspecified atom stereocenters. The summed E-state index contributed by atoms with van der Waals surface area (Å²) < 4.78 is 5.37. The number of hydrogen-bond donors (Lipinski definition) is 2. The van der Waals surface area contributed by atoms with Gasteiger partial charge in [-0.15, -0.1) is 0 Å². The molecule has 92 valence electrons. The molecule has 1 fully saturated rings. The molecule has 3 N–H and O–H groups in total. The molecule has 6 heteroatoms. The fraction of sp³-hybridized carbons (Fsp3) is 0.455. The second-order valence-corrected chi connectivity index (χ2v) is 4.43. The molecule has 1 aromatic heterocycles. The number of nitrogen functional groups attached to an aromatic ring is 1. The van der Waals surface area contributed by atoms with Crippen LogP contribution in [-0.2, 0) is 4.74 Å². The monoisotopic (exact) mass is 255 g/mol. The number of amides is 1. The summed E-state index contributed by atoms with van der Waals surface area (Å²) in [5.74, 6) is -0.242. The Morgan fingerprint density at radius 2 is 2.47 bits per heavy atom. The third kappa shape index (κ3) is 2.68. The van der Waals surface area contributed by atoms with Crippen molar-refractivity contribution in [2.75, 3.05) is 12.3 Å². The van der Waals surface area contributed by atoms with Crippen LogP contribution in [0.5, 0.6) is 0 Å². The van der Waals surface area contributed by atoms with Crippen LogP contribution in [0.1, 0.15) is 23.7 Å². The van der Waals surface area contributed by atoms with E-state index in [0.29, 0.717) is 17.9 Å². The van der Waals surface area contributed by atoms with Crippen LogP contribution in [0.25, 0.3) is 0 Å². The average Bonchev–Trinajstić information content (AvgIpc) is 2.68. The first-order valence-electron chi connectivity index (χ1n) is 5.41. The van der Waals surface area contributed by atoms with E-state index in [4.69, 9.17) is 22.1 Å². The summed E-state index contributed by atoms with van der Waals surface area (Å²) in [5, 5.41) is 3.13. The summed E-state index contributed by atoms with van der Waals surface area (Å²) >= 11 is 5.73. The van der Waals surface area contributed by atoms with E-state index in [9.17, 15) is 4.79 Å². The lowest BCUT2D eigenvalue weighted by atomic mass is 10.1. The highest BCUT2D eigenvalue weighted by Gasteiger charge is 2.26. The normalized spacial score (nSPS) is 23.6. The first kappa shape index (κ1) is 12.1. The van der Waals surface area contributed by atoms with E-state index < -0.39 is 0 Å². The molecule has 2 rings (SSSR count). The number of halogens is 1. The van der Waals surface area contributed by atoms with Crippen LogP contribution >= 0.6 is 11.6 Å². The van der Waals surface area contributed by atoms with Crippen molar-refractivity contribution < 1.29 is 9.53 Å². The van der Waals surface area contributed by atoms with Crippen molar-refractivity contribution in [3.8, 4) is 0 Å². The molecule has 1 aliphatic rings. The minimum absolute atomic E-state index is 0.0221. The number of nitrogens with one attached hydrogen (secondary N) is 1. The number of aromatic nitrogens is 1. The number of carbonyl (C=O) groups is 1. The number of hydrogen-bond acceptors (Lipinski definition) is 4. The Balaban J connectivity index is 2.11. The van der Waals surface area contributed by atoms with E-state index in [1.807, 2.05) is 6.92 Å². The van der Waals surface area contributed by atoms with Gasteiger partial charge < -0.3 is 15.8 Å². The largest absolute Gasteiger partial charge is 0.397 e. The molecule has 1 amide bonds. The maximum absolute atomic E-state index is 12.0. The third-order valence-electron chi connectivity index (χ3n) is 2.84. The average molecular weight is 256 g/mol. The molecule has 17 heavy (non-hydrogen) atoms. The number of nitrogens with two attached hydrogens (primary N) is 1. The zero-order chi connectivity index (χ0) is 12.4. The smallest absolute Gasteiger partial charge is 0.253 e. The Morgan fingerprint density at radius 1 is 1.71 bits per heavy atom. The lowest BCUT2D eigenvalue weighted by Gasteiger charge is -2.16. The predicted octanol–water partition coefficient (Wildman–Crippen LogP) is 1.22. The molecule has 0 saturated carbocycles. The van der Waals surface area contributed by atoms with Gasteiger partial charge in [0.2, 0.25) is 0 Å². The summed E-state index contributed by atoms with van der Waals surface area (Å²) in [6.07, 6.45) is 2.22. The first-order valence-corrected chi connectivity index (χ1v) is 5.79. The van der Waals surface area contributed by atoms with E-state index in [0.717, 1.165) is 6.42 Å². The zero-order valence-electron chi connectivity index (χ0n) is 9.44. The van der Waals surface area contributed by atoms with Gasteiger partial charge in [0.1, 0.15) is 5.15 Å². The van der Waals surface area contributed by atoms with E-state index in [1.54, 1.807) is 0 Å². The lowest BCUT2D eigenvalue weighted by molar-refractivity contribution is 0.0867. The highest BCUT2D eigenvalue weighted by Crippen LogP contribution is 2.17. The molecule has 0 aliphatic carbocycles. The second kappa shape index (κ2) is 4.89. The zero-order valence-corrected chi connectivity index (χ0v) is 10.2. The number of carbonyl (C=O) groups excluding carboxylic acids is 1. The standard InChI is InChI=1S/C11H14ClN3O2/c1-6-9(2-3-17-6)15-11(16)7-4-10(12)14-5-8(7)13/h4-6,9H,2-3,13H2,1H3,(H,15,16). The van der Waals surface area contributed by atoms with E-state index in [-0.39, 0.29) is 23.2 Å². The van der Waals surface area contributed by atoms with Crippen molar-refractivity contribution in [3.63, 3.8) is 0 Å². The Labute approximate surface area is 104 Å². The van der Waals surface area contributed by atoms with Crippen molar-refractivity contribution in [2.24, 2.45) is 0 Å². The maximum atomic E-state index is 12.0. The molecule has 5 nitrogen and oxygen atoms in total. The number of pyridine rings is 1. The van der Waals surface area contributed by atoms with Crippen LogP contribution in [-0.4, -0.2) is 29.6 Å². The van der Waals surface area contributed by atoms with Gasteiger partial charge in [-0.05, 0) is 19.4 Å². The molecule has 0 aromatic carbocycles. The van der Waals surface area contributed by atoms with Gasteiger partial charge in [-0.1, -0.05) is 11.6 Å². The van der Waals surface area contributed by atoms with Gasteiger partial charge in [-0.2, -0.15) is 0 Å². The van der Waals surface area contributed by atoms with Crippen LogP contribution in [0, 0.1) is 0 Å². The van der Waals surface area contributed by atoms with E-state index >= 15 is 0 Å². The highest BCUT2D eigenvalue weighted by molar-refractivity contribution is 6.29. The summed E-state index contributed by atoms with van der Waals surface area (Å²) in [4.78, 5) is 15.8. The van der Waals surface area contributed by atoms with Gasteiger partial charge in [0.25, 0.3) is 5.91 Å². The summed E-state index contributed by atoms with van der Waals surface area (Å²) in [6.45, 7) is 2.60. The maximum Gasteiger partial charge on any atom is 0.253 e. The SMILES string of the molecule is CC1OCCC1NC(=O)c1cc(Cl)ncc1N. The second-order valence-electron chi connectivity index (χ2n) is 4.04. The molecule has 1 aromatic rings. The van der Waals surface area contributed by atoms with Gasteiger partial charge in [-0.3, -0.25) is 4.79 Å². The summed E-state index contributed by atoms with van der Waals surface area (Å²) in [7, 11) is 0. The lowest BCUT2D eigenvalue weighted by Crippen LogP contribution is -2.39. The Morgan fingerprint density at radius 3 is 3.12 bits per heavy atom. The minimum atomic E-state index is -0.242. The van der Waals surface area contributed by atoms with Crippen molar-refractivity contribution in [3.05, 3.63) is 23.0 Å². The Hall–Kier alpha value is -1.33. The summed E-state index contributed by atoms with van der Waals surface area (Å²) in [6, 6.07) is 1.49. The highest BCUT2D eigenvalue weighted by atomic mass is 35.5. The number of ether oxygens (including phenoxy) is 1. The Kier molecular flexibility index (Phi) is 3.49. The molecule has 0 spiro atoms. The van der Waals surface area contributed by atoms with E-state index in [1.165, 1.54) is 12.3 Å². The first-order chi connectivity index (χ1) is 8.08. The van der Waals surface area contributed by atoms with Crippen molar-refractivity contribution in [1.82, 2.24) is 10.3 Å². The molecule has 2 heterocycles. The van der Waals surface area contributed by atoms with Gasteiger partial charge in [0, 0.05) is 6.61 Å². The number of anilines is 1. The molecule has 0 radical (unpaired) electrons.